The summed E-state index contributed by atoms with van der Waals surface area (Å²) in [7, 11) is -3.23. The van der Waals surface area contributed by atoms with E-state index in [2.05, 4.69) is 16.9 Å². The molecule has 160 valence electrons. The Morgan fingerprint density at radius 2 is 1.73 bits per heavy atom. The Labute approximate surface area is 183 Å². The lowest BCUT2D eigenvalue weighted by Crippen LogP contribution is -2.36. The number of halogens is 1. The van der Waals surface area contributed by atoms with Crippen molar-refractivity contribution in [2.24, 2.45) is 5.92 Å². The highest BCUT2D eigenvalue weighted by Gasteiger charge is 2.46. The van der Waals surface area contributed by atoms with Gasteiger partial charge >= 0.3 is 0 Å². The van der Waals surface area contributed by atoms with Crippen molar-refractivity contribution in [2.45, 2.75) is 37.6 Å². The number of likely N-dealkylation sites (tertiary alicyclic amines) is 1. The first kappa shape index (κ1) is 21.3. The quantitative estimate of drug-likeness (QED) is 0.753. The average molecular weight is 447 g/mol. The molecule has 4 rings (SSSR count). The van der Waals surface area contributed by atoms with E-state index in [-0.39, 0.29) is 23.8 Å². The number of amides is 1. The molecular formula is C23H27ClN2O3S. The van der Waals surface area contributed by atoms with Crippen LogP contribution in [0.2, 0.25) is 5.02 Å². The molecule has 2 fully saturated rings. The second-order valence-electron chi connectivity index (χ2n) is 8.36. The fourth-order valence-corrected chi connectivity index (χ4v) is 5.61. The smallest absolute Gasteiger partial charge is 0.226 e. The molecule has 0 spiro atoms. The van der Waals surface area contributed by atoms with Gasteiger partial charge in [-0.05, 0) is 48.8 Å². The molecule has 1 amide bonds. The molecule has 1 saturated heterocycles. The third-order valence-electron chi connectivity index (χ3n) is 6.05. The largest absolute Gasteiger partial charge is 0.342 e. The van der Waals surface area contributed by atoms with Gasteiger partial charge in [0.25, 0.3) is 0 Å². The molecule has 7 heteroatoms. The topological polar surface area (TPSA) is 66.5 Å². The second kappa shape index (κ2) is 8.69. The van der Waals surface area contributed by atoms with Crippen LogP contribution in [0.1, 0.15) is 37.2 Å². The van der Waals surface area contributed by atoms with E-state index in [1.807, 2.05) is 41.3 Å². The van der Waals surface area contributed by atoms with Gasteiger partial charge in [-0.25, -0.2) is 13.1 Å². The number of carbonyl (C=O) groups excluding carboxylic acids is 1. The van der Waals surface area contributed by atoms with Gasteiger partial charge in [0.2, 0.25) is 15.9 Å². The van der Waals surface area contributed by atoms with E-state index >= 15 is 0 Å². The SMILES string of the molecule is CS(=O)(=O)NC1CCCN(C(=O)C2CC2c2ccccc2-c2ccccc2Cl)CC1. The fourth-order valence-electron chi connectivity index (χ4n) is 4.53. The van der Waals surface area contributed by atoms with Crippen LogP contribution < -0.4 is 4.72 Å². The molecule has 2 aliphatic rings. The maximum atomic E-state index is 13.2. The van der Waals surface area contributed by atoms with Crippen molar-refractivity contribution < 1.29 is 13.2 Å². The molecule has 0 radical (unpaired) electrons. The predicted molar refractivity (Wildman–Crippen MR) is 120 cm³/mol. The molecule has 1 aliphatic carbocycles. The zero-order valence-corrected chi connectivity index (χ0v) is 18.6. The van der Waals surface area contributed by atoms with Crippen molar-refractivity contribution in [3.8, 4) is 11.1 Å². The number of hydrogen-bond donors (Lipinski definition) is 1. The number of rotatable bonds is 5. The summed E-state index contributed by atoms with van der Waals surface area (Å²) in [5.74, 6) is 0.389. The molecule has 30 heavy (non-hydrogen) atoms. The number of nitrogens with zero attached hydrogens (tertiary/aromatic N) is 1. The van der Waals surface area contributed by atoms with Gasteiger partial charge < -0.3 is 4.90 Å². The summed E-state index contributed by atoms with van der Waals surface area (Å²) >= 11 is 6.43. The molecule has 5 nitrogen and oxygen atoms in total. The van der Waals surface area contributed by atoms with Gasteiger partial charge in [0, 0.05) is 35.6 Å². The van der Waals surface area contributed by atoms with Crippen molar-refractivity contribution in [3.63, 3.8) is 0 Å². The van der Waals surface area contributed by atoms with E-state index in [0.29, 0.717) is 24.5 Å². The summed E-state index contributed by atoms with van der Waals surface area (Å²) in [5.41, 5.74) is 3.27. The summed E-state index contributed by atoms with van der Waals surface area (Å²) in [6.45, 7) is 1.29. The molecule has 1 aliphatic heterocycles. The highest BCUT2D eigenvalue weighted by molar-refractivity contribution is 7.88. The molecule has 0 aromatic heterocycles. The lowest BCUT2D eigenvalue weighted by molar-refractivity contribution is -0.132. The molecule has 2 aromatic rings. The van der Waals surface area contributed by atoms with Crippen LogP contribution in [-0.4, -0.2) is 44.6 Å². The van der Waals surface area contributed by atoms with Gasteiger partial charge in [0.1, 0.15) is 0 Å². The third-order valence-corrected chi connectivity index (χ3v) is 7.14. The average Bonchev–Trinajstić information content (AvgIpc) is 3.51. The van der Waals surface area contributed by atoms with Crippen LogP contribution in [0.25, 0.3) is 11.1 Å². The molecule has 2 aromatic carbocycles. The van der Waals surface area contributed by atoms with E-state index in [4.69, 9.17) is 11.6 Å². The van der Waals surface area contributed by atoms with E-state index in [0.717, 1.165) is 30.4 Å². The van der Waals surface area contributed by atoms with Crippen LogP contribution in [-0.2, 0) is 14.8 Å². The Kier molecular flexibility index (Phi) is 6.19. The second-order valence-corrected chi connectivity index (χ2v) is 10.5. The molecule has 3 unspecified atom stereocenters. The van der Waals surface area contributed by atoms with Crippen molar-refractivity contribution in [1.29, 1.82) is 0 Å². The Hall–Kier alpha value is -1.89. The van der Waals surface area contributed by atoms with E-state index in [1.165, 1.54) is 11.8 Å². The van der Waals surface area contributed by atoms with E-state index < -0.39 is 10.0 Å². The minimum atomic E-state index is -3.23. The number of carbonyl (C=O) groups is 1. The summed E-state index contributed by atoms with van der Waals surface area (Å²) in [5, 5.41) is 0.713. The summed E-state index contributed by atoms with van der Waals surface area (Å²) in [6.07, 6.45) is 4.27. The standard InChI is InChI=1S/C23H27ClN2O3S/c1-30(28,29)25-16-7-6-13-26(14-12-16)23(27)21-15-20(21)18-9-3-2-8-17(18)19-10-4-5-11-22(19)24/h2-5,8-11,16,20-21,25H,6-7,12-15H2,1H3. The van der Waals surface area contributed by atoms with Crippen LogP contribution >= 0.6 is 11.6 Å². The number of benzene rings is 2. The molecule has 1 heterocycles. The molecule has 1 saturated carbocycles. The zero-order chi connectivity index (χ0) is 21.3. The fraction of sp³-hybridized carbons (Fsp3) is 0.435. The van der Waals surface area contributed by atoms with Crippen LogP contribution in [0.5, 0.6) is 0 Å². The highest BCUT2D eigenvalue weighted by atomic mass is 35.5. The highest BCUT2D eigenvalue weighted by Crippen LogP contribution is 2.51. The Balaban J connectivity index is 1.45. The first-order valence-corrected chi connectivity index (χ1v) is 12.7. The van der Waals surface area contributed by atoms with Crippen LogP contribution in [0, 0.1) is 5.92 Å². The maximum Gasteiger partial charge on any atom is 0.226 e. The van der Waals surface area contributed by atoms with Gasteiger partial charge in [-0.2, -0.15) is 0 Å². The normalized spacial score (nSPS) is 24.3. The van der Waals surface area contributed by atoms with Gasteiger partial charge in [0.05, 0.1) is 6.26 Å². The predicted octanol–water partition coefficient (Wildman–Crippen LogP) is 4.04. The van der Waals surface area contributed by atoms with Crippen LogP contribution in [0.4, 0.5) is 0 Å². The van der Waals surface area contributed by atoms with Crippen molar-refractivity contribution in [1.82, 2.24) is 9.62 Å². The van der Waals surface area contributed by atoms with Gasteiger partial charge in [-0.1, -0.05) is 54.1 Å². The Bertz CT molecular complexity index is 1040. The number of hydrogen-bond acceptors (Lipinski definition) is 3. The monoisotopic (exact) mass is 446 g/mol. The number of nitrogens with one attached hydrogen (secondary N) is 1. The van der Waals surface area contributed by atoms with Gasteiger partial charge in [0.15, 0.2) is 0 Å². The summed E-state index contributed by atoms with van der Waals surface area (Å²) in [4.78, 5) is 15.1. The van der Waals surface area contributed by atoms with E-state index in [1.54, 1.807) is 0 Å². The van der Waals surface area contributed by atoms with Crippen molar-refractivity contribution in [3.05, 3.63) is 59.1 Å². The summed E-state index contributed by atoms with van der Waals surface area (Å²) < 4.78 is 25.7. The maximum absolute atomic E-state index is 13.2. The van der Waals surface area contributed by atoms with Crippen LogP contribution in [0.15, 0.2) is 48.5 Å². The first-order chi connectivity index (χ1) is 14.3. The molecule has 3 atom stereocenters. The lowest BCUT2D eigenvalue weighted by Gasteiger charge is -2.21. The van der Waals surface area contributed by atoms with Crippen molar-refractivity contribution >= 4 is 27.5 Å². The van der Waals surface area contributed by atoms with Crippen molar-refractivity contribution in [2.75, 3.05) is 19.3 Å². The third kappa shape index (κ3) is 4.88. The van der Waals surface area contributed by atoms with Gasteiger partial charge in [-0.3, -0.25) is 4.79 Å². The Morgan fingerprint density at radius 1 is 1.03 bits per heavy atom. The lowest BCUT2D eigenvalue weighted by atomic mass is 9.96. The molecular weight excluding hydrogens is 420 g/mol. The summed E-state index contributed by atoms with van der Waals surface area (Å²) in [6, 6.07) is 15.9. The van der Waals surface area contributed by atoms with Crippen LogP contribution in [0.3, 0.4) is 0 Å². The molecule has 0 bridgehead atoms. The van der Waals surface area contributed by atoms with Gasteiger partial charge in [-0.15, -0.1) is 0 Å². The minimum Gasteiger partial charge on any atom is -0.342 e. The zero-order valence-electron chi connectivity index (χ0n) is 17.1. The number of sulfonamides is 1. The minimum absolute atomic E-state index is 0.00643. The first-order valence-electron chi connectivity index (χ1n) is 10.4. The molecule has 1 N–H and O–H groups in total. The van der Waals surface area contributed by atoms with E-state index in [9.17, 15) is 13.2 Å². The Morgan fingerprint density at radius 3 is 2.47 bits per heavy atom.